The molecule has 5 heteroatoms. The minimum atomic E-state index is -4.13. The summed E-state index contributed by atoms with van der Waals surface area (Å²) in [7, 11) is 0. The Hall–Kier alpha value is -0.190. The molecule has 0 aromatic heterocycles. The summed E-state index contributed by atoms with van der Waals surface area (Å²) in [5, 5.41) is 0. The third-order valence-electron chi connectivity index (χ3n) is 2.88. The van der Waals surface area contributed by atoms with Crippen LogP contribution in [-0.2, 0) is 4.79 Å². The molecule has 2 atom stereocenters. The van der Waals surface area contributed by atoms with Gasteiger partial charge in [-0.1, -0.05) is 6.42 Å². The molecule has 0 saturated heterocycles. The van der Waals surface area contributed by atoms with E-state index in [9.17, 15) is 18.0 Å². The van der Waals surface area contributed by atoms with Gasteiger partial charge in [-0.05, 0) is 25.5 Å². The van der Waals surface area contributed by atoms with E-state index in [0.29, 0.717) is 18.6 Å². The summed E-state index contributed by atoms with van der Waals surface area (Å²) in [6.45, 7) is 0. The molecule has 0 radical (unpaired) electrons. The van der Waals surface area contributed by atoms with Crippen molar-refractivity contribution in [3.05, 3.63) is 0 Å². The molecule has 0 heterocycles. The van der Waals surface area contributed by atoms with Crippen molar-refractivity contribution in [1.29, 1.82) is 0 Å². The summed E-state index contributed by atoms with van der Waals surface area (Å²) in [6, 6.07) is 0. The average Bonchev–Trinajstić information content (AvgIpc) is 2.17. The molecular weight excluding hydrogens is 225 g/mol. The van der Waals surface area contributed by atoms with Crippen LogP contribution in [0.5, 0.6) is 0 Å². The number of thioether (sulfide) groups is 1. The topological polar surface area (TPSA) is 17.1 Å². The summed E-state index contributed by atoms with van der Waals surface area (Å²) < 4.78 is 37.3. The van der Waals surface area contributed by atoms with Gasteiger partial charge in [0.25, 0.3) is 0 Å². The fraction of sp³-hybridized carbons (Fsp3) is 0.900. The molecule has 1 fully saturated rings. The molecule has 1 aliphatic rings. The summed E-state index contributed by atoms with van der Waals surface area (Å²) in [5.41, 5.74) is 0. The second kappa shape index (κ2) is 5.23. The van der Waals surface area contributed by atoms with Crippen LogP contribution in [0.2, 0.25) is 0 Å². The first-order valence-electron chi connectivity index (χ1n) is 5.03. The number of rotatable bonds is 3. The summed E-state index contributed by atoms with van der Waals surface area (Å²) in [5.74, 6) is -1.30. The van der Waals surface area contributed by atoms with Gasteiger partial charge >= 0.3 is 6.18 Å². The lowest BCUT2D eigenvalue weighted by Gasteiger charge is -2.29. The Bertz CT molecular complexity index is 227. The average molecular weight is 240 g/mol. The molecular formula is C10H15F3OS. The monoisotopic (exact) mass is 240 g/mol. The Morgan fingerprint density at radius 2 is 2.07 bits per heavy atom. The molecule has 2 unspecified atom stereocenters. The molecule has 1 aliphatic carbocycles. The van der Waals surface area contributed by atoms with Crippen molar-refractivity contribution in [3.63, 3.8) is 0 Å². The van der Waals surface area contributed by atoms with Gasteiger partial charge in [0.15, 0.2) is 0 Å². The van der Waals surface area contributed by atoms with Gasteiger partial charge < -0.3 is 0 Å². The maximum atomic E-state index is 12.4. The number of Topliss-reactive ketones (excluding diaryl/α,β-unsaturated/α-hetero) is 1. The highest BCUT2D eigenvalue weighted by Crippen LogP contribution is 2.40. The zero-order valence-electron chi connectivity index (χ0n) is 8.64. The standard InChI is InChI=1S/C10H15F3OS/c1-15-6-9(14)7-3-2-4-8(5-7)10(11,12)13/h7-8H,2-6H2,1H3. The maximum absolute atomic E-state index is 12.4. The van der Waals surface area contributed by atoms with E-state index in [2.05, 4.69) is 0 Å². The molecule has 0 spiro atoms. The fourth-order valence-corrected chi connectivity index (χ4v) is 2.56. The van der Waals surface area contributed by atoms with Crippen molar-refractivity contribution in [2.75, 3.05) is 12.0 Å². The van der Waals surface area contributed by atoms with Crippen molar-refractivity contribution < 1.29 is 18.0 Å². The quantitative estimate of drug-likeness (QED) is 0.753. The van der Waals surface area contributed by atoms with E-state index in [1.807, 2.05) is 0 Å². The summed E-state index contributed by atoms with van der Waals surface area (Å²) in [6.07, 6.45) is -0.989. The van der Waals surface area contributed by atoms with Gasteiger partial charge in [0.05, 0.1) is 11.7 Å². The van der Waals surface area contributed by atoms with Crippen LogP contribution in [0.1, 0.15) is 25.7 Å². The van der Waals surface area contributed by atoms with Gasteiger partial charge in [0.2, 0.25) is 0 Å². The molecule has 15 heavy (non-hydrogen) atoms. The molecule has 88 valence electrons. The maximum Gasteiger partial charge on any atom is 0.391 e. The van der Waals surface area contributed by atoms with Gasteiger partial charge in [0, 0.05) is 5.92 Å². The Morgan fingerprint density at radius 1 is 1.40 bits per heavy atom. The molecule has 0 amide bonds. The van der Waals surface area contributed by atoms with Gasteiger partial charge in [-0.25, -0.2) is 0 Å². The number of alkyl halides is 3. The molecule has 0 aliphatic heterocycles. The number of hydrogen-bond acceptors (Lipinski definition) is 2. The van der Waals surface area contributed by atoms with E-state index in [1.165, 1.54) is 11.8 Å². The van der Waals surface area contributed by atoms with Crippen molar-refractivity contribution >= 4 is 17.5 Å². The van der Waals surface area contributed by atoms with Crippen LogP contribution in [0, 0.1) is 11.8 Å². The Balaban J connectivity index is 2.52. The third kappa shape index (κ3) is 3.70. The highest BCUT2D eigenvalue weighted by atomic mass is 32.2. The van der Waals surface area contributed by atoms with E-state index < -0.39 is 12.1 Å². The minimum Gasteiger partial charge on any atom is -0.298 e. The van der Waals surface area contributed by atoms with Crippen molar-refractivity contribution in [2.24, 2.45) is 11.8 Å². The summed E-state index contributed by atoms with van der Waals surface area (Å²) >= 11 is 1.38. The molecule has 0 aromatic carbocycles. The highest BCUT2D eigenvalue weighted by molar-refractivity contribution is 7.99. The largest absolute Gasteiger partial charge is 0.391 e. The second-order valence-corrected chi connectivity index (χ2v) is 4.87. The van der Waals surface area contributed by atoms with Crippen LogP contribution < -0.4 is 0 Å². The predicted molar refractivity (Wildman–Crippen MR) is 54.9 cm³/mol. The number of carbonyl (C=O) groups excluding carboxylic acids is 1. The SMILES string of the molecule is CSCC(=O)C1CCCC(C(F)(F)F)C1. The van der Waals surface area contributed by atoms with Crippen molar-refractivity contribution in [2.45, 2.75) is 31.9 Å². The first-order chi connectivity index (χ1) is 6.95. The zero-order valence-corrected chi connectivity index (χ0v) is 9.46. The first-order valence-corrected chi connectivity index (χ1v) is 6.43. The normalized spacial score (nSPS) is 27.7. The molecule has 1 saturated carbocycles. The number of halogens is 3. The van der Waals surface area contributed by atoms with E-state index >= 15 is 0 Å². The smallest absolute Gasteiger partial charge is 0.298 e. The number of ketones is 1. The molecule has 0 bridgehead atoms. The van der Waals surface area contributed by atoms with Crippen LogP contribution in [-0.4, -0.2) is 24.0 Å². The van der Waals surface area contributed by atoms with E-state index in [4.69, 9.17) is 0 Å². The Morgan fingerprint density at radius 3 is 2.60 bits per heavy atom. The number of hydrogen-bond donors (Lipinski definition) is 0. The van der Waals surface area contributed by atoms with Crippen LogP contribution >= 0.6 is 11.8 Å². The molecule has 1 nitrogen and oxygen atoms in total. The van der Waals surface area contributed by atoms with Crippen LogP contribution in [0.25, 0.3) is 0 Å². The second-order valence-electron chi connectivity index (χ2n) is 4.00. The third-order valence-corrected chi connectivity index (χ3v) is 3.45. The van der Waals surface area contributed by atoms with Crippen molar-refractivity contribution in [1.82, 2.24) is 0 Å². The lowest BCUT2D eigenvalue weighted by Crippen LogP contribution is -2.32. The van der Waals surface area contributed by atoms with E-state index in [1.54, 1.807) is 6.26 Å². The molecule has 0 N–H and O–H groups in total. The lowest BCUT2D eigenvalue weighted by molar-refractivity contribution is -0.185. The predicted octanol–water partition coefficient (Wildman–Crippen LogP) is 3.29. The lowest BCUT2D eigenvalue weighted by atomic mass is 9.79. The zero-order chi connectivity index (χ0) is 11.5. The Kier molecular flexibility index (Phi) is 4.49. The van der Waals surface area contributed by atoms with E-state index in [-0.39, 0.29) is 24.5 Å². The first kappa shape index (κ1) is 12.9. The highest BCUT2D eigenvalue weighted by Gasteiger charge is 2.43. The summed E-state index contributed by atoms with van der Waals surface area (Å²) in [4.78, 5) is 11.5. The van der Waals surface area contributed by atoms with Gasteiger partial charge in [-0.3, -0.25) is 4.79 Å². The van der Waals surface area contributed by atoms with E-state index in [0.717, 1.165) is 0 Å². The van der Waals surface area contributed by atoms with Crippen LogP contribution in [0.4, 0.5) is 13.2 Å². The van der Waals surface area contributed by atoms with Gasteiger partial charge in [-0.2, -0.15) is 24.9 Å². The molecule has 0 aromatic rings. The van der Waals surface area contributed by atoms with Gasteiger partial charge in [-0.15, -0.1) is 0 Å². The van der Waals surface area contributed by atoms with Crippen LogP contribution in [0.15, 0.2) is 0 Å². The minimum absolute atomic E-state index is 0.00287. The Labute approximate surface area is 91.8 Å². The van der Waals surface area contributed by atoms with Crippen LogP contribution in [0.3, 0.4) is 0 Å². The molecule has 1 rings (SSSR count). The number of carbonyl (C=O) groups is 1. The van der Waals surface area contributed by atoms with Crippen molar-refractivity contribution in [3.8, 4) is 0 Å². The fourth-order valence-electron chi connectivity index (χ4n) is 2.04. The van der Waals surface area contributed by atoms with Gasteiger partial charge in [0.1, 0.15) is 5.78 Å².